The van der Waals surface area contributed by atoms with Gasteiger partial charge in [-0.05, 0) is 6.42 Å². The van der Waals surface area contributed by atoms with Crippen LogP contribution in [0.3, 0.4) is 0 Å². The van der Waals surface area contributed by atoms with E-state index in [0.29, 0.717) is 31.0 Å². The van der Waals surface area contributed by atoms with Gasteiger partial charge in [-0.2, -0.15) is 4.98 Å². The van der Waals surface area contributed by atoms with Gasteiger partial charge in [-0.3, -0.25) is 10.2 Å². The van der Waals surface area contributed by atoms with Crippen LogP contribution < -0.4 is 10.6 Å². The molecular weight excluding hydrogens is 260 g/mol. The number of nitrogens with zero attached hydrogens (tertiary/aromatic N) is 4. The molecule has 0 aliphatic carbocycles. The Labute approximate surface area is 117 Å². The van der Waals surface area contributed by atoms with E-state index < -0.39 is 0 Å². The Kier molecular flexibility index (Phi) is 6.34. The number of ether oxygens (including phenoxy) is 1. The predicted octanol–water partition coefficient (Wildman–Crippen LogP) is 0.130. The normalized spacial score (nSPS) is 10.1. The van der Waals surface area contributed by atoms with Crippen LogP contribution >= 0.6 is 0 Å². The number of nitrogens with two attached hydrogens (primary N) is 1. The van der Waals surface area contributed by atoms with E-state index in [1.165, 1.54) is 6.33 Å². The molecule has 0 unspecified atom stereocenters. The Morgan fingerprint density at radius 1 is 1.40 bits per heavy atom. The summed E-state index contributed by atoms with van der Waals surface area (Å²) in [7, 11) is 3.68. The van der Waals surface area contributed by atoms with Crippen molar-refractivity contribution in [1.29, 1.82) is 5.41 Å². The molecule has 0 aliphatic heterocycles. The quantitative estimate of drug-likeness (QED) is 0.394. The van der Waals surface area contributed by atoms with Crippen molar-refractivity contribution in [3.63, 3.8) is 0 Å². The second-order valence-electron chi connectivity index (χ2n) is 4.45. The van der Waals surface area contributed by atoms with E-state index in [0.717, 1.165) is 0 Å². The molecule has 0 saturated carbocycles. The molecule has 3 N–H and O–H groups in total. The number of nitrogens with one attached hydrogen (secondary N) is 1. The number of hydrogen-bond donors (Lipinski definition) is 2. The number of hydrogen-bond acceptors (Lipinski definition) is 7. The van der Waals surface area contributed by atoms with Crippen LogP contribution in [0.2, 0.25) is 0 Å². The van der Waals surface area contributed by atoms with E-state index in [-0.39, 0.29) is 24.8 Å². The molecule has 110 valence electrons. The minimum Gasteiger partial charge on any atom is -0.465 e. The largest absolute Gasteiger partial charge is 0.465 e. The van der Waals surface area contributed by atoms with E-state index in [1.54, 1.807) is 4.90 Å². The molecule has 1 heterocycles. The first kappa shape index (κ1) is 15.8. The Balaban J connectivity index is 2.28. The van der Waals surface area contributed by atoms with Crippen molar-refractivity contribution in [3.8, 4) is 0 Å². The van der Waals surface area contributed by atoms with Gasteiger partial charge in [-0.1, -0.05) is 0 Å². The van der Waals surface area contributed by atoms with Gasteiger partial charge in [0.25, 0.3) is 0 Å². The molecule has 0 amide bonds. The van der Waals surface area contributed by atoms with Crippen LogP contribution in [0.1, 0.15) is 25.1 Å². The van der Waals surface area contributed by atoms with Crippen LogP contribution in [0.4, 0.5) is 5.95 Å². The molecular formula is C12H20N6O2. The molecule has 1 aromatic rings. The van der Waals surface area contributed by atoms with E-state index in [1.807, 2.05) is 14.1 Å². The van der Waals surface area contributed by atoms with Crippen LogP contribution in [-0.4, -0.2) is 47.5 Å². The summed E-state index contributed by atoms with van der Waals surface area (Å²) in [5.74, 6) is 0.940. The highest BCUT2D eigenvalue weighted by molar-refractivity contribution is 5.77. The molecule has 0 radical (unpaired) electrons. The molecule has 20 heavy (non-hydrogen) atoms. The lowest BCUT2D eigenvalue weighted by Crippen LogP contribution is -2.15. The fourth-order valence-corrected chi connectivity index (χ4v) is 1.41. The lowest BCUT2D eigenvalue weighted by molar-refractivity contribution is -0.143. The average molecular weight is 280 g/mol. The van der Waals surface area contributed by atoms with Crippen molar-refractivity contribution in [2.24, 2.45) is 5.73 Å². The van der Waals surface area contributed by atoms with Crippen LogP contribution in [-0.2, 0) is 16.0 Å². The van der Waals surface area contributed by atoms with Gasteiger partial charge in [0.05, 0.1) is 12.4 Å². The first-order chi connectivity index (χ1) is 9.49. The summed E-state index contributed by atoms with van der Waals surface area (Å²) in [6.45, 7) is 0.232. The van der Waals surface area contributed by atoms with Gasteiger partial charge in [0, 0.05) is 33.4 Å². The second kappa shape index (κ2) is 8.03. The number of anilines is 1. The summed E-state index contributed by atoms with van der Waals surface area (Å²) in [4.78, 5) is 25.4. The smallest absolute Gasteiger partial charge is 0.305 e. The number of esters is 1. The summed E-state index contributed by atoms with van der Waals surface area (Å²) in [6, 6.07) is 0. The summed E-state index contributed by atoms with van der Waals surface area (Å²) >= 11 is 0. The molecule has 0 bridgehead atoms. The number of aromatic nitrogens is 3. The van der Waals surface area contributed by atoms with E-state index >= 15 is 0 Å². The third-order valence-electron chi connectivity index (χ3n) is 2.42. The maximum atomic E-state index is 11.4. The van der Waals surface area contributed by atoms with Gasteiger partial charge in [-0.25, -0.2) is 9.97 Å². The van der Waals surface area contributed by atoms with E-state index in [4.69, 9.17) is 15.9 Å². The topological polar surface area (TPSA) is 118 Å². The van der Waals surface area contributed by atoms with E-state index in [2.05, 4.69) is 15.0 Å². The number of carbonyl (C=O) groups is 1. The molecule has 0 fully saturated rings. The number of amidine groups is 1. The average Bonchev–Trinajstić information content (AvgIpc) is 2.38. The van der Waals surface area contributed by atoms with Crippen molar-refractivity contribution in [2.45, 2.75) is 25.7 Å². The van der Waals surface area contributed by atoms with Gasteiger partial charge in [0.2, 0.25) is 5.95 Å². The molecule has 0 aliphatic rings. The maximum absolute atomic E-state index is 11.4. The van der Waals surface area contributed by atoms with Crippen LogP contribution in [0.5, 0.6) is 0 Å². The molecule has 1 aromatic heterocycles. The van der Waals surface area contributed by atoms with E-state index in [9.17, 15) is 4.79 Å². The highest BCUT2D eigenvalue weighted by Gasteiger charge is 2.06. The Morgan fingerprint density at radius 3 is 2.80 bits per heavy atom. The molecule has 0 aromatic carbocycles. The second-order valence-corrected chi connectivity index (χ2v) is 4.45. The summed E-state index contributed by atoms with van der Waals surface area (Å²) in [6.07, 6.45) is 3.09. The van der Waals surface area contributed by atoms with Gasteiger partial charge >= 0.3 is 5.97 Å². The minimum atomic E-state index is -0.298. The Hall–Kier alpha value is -2.25. The van der Waals surface area contributed by atoms with Crippen molar-refractivity contribution in [1.82, 2.24) is 15.0 Å². The van der Waals surface area contributed by atoms with Gasteiger partial charge in [0.1, 0.15) is 12.2 Å². The van der Waals surface area contributed by atoms with Gasteiger partial charge in [-0.15, -0.1) is 0 Å². The minimum absolute atomic E-state index is 0.0826. The first-order valence-electron chi connectivity index (χ1n) is 6.33. The third kappa shape index (κ3) is 6.07. The maximum Gasteiger partial charge on any atom is 0.305 e. The fourth-order valence-electron chi connectivity index (χ4n) is 1.41. The van der Waals surface area contributed by atoms with Gasteiger partial charge in [0.15, 0.2) is 0 Å². The molecule has 0 atom stereocenters. The van der Waals surface area contributed by atoms with Crippen LogP contribution in [0.15, 0.2) is 6.33 Å². The first-order valence-corrected chi connectivity index (χ1v) is 6.33. The van der Waals surface area contributed by atoms with Crippen molar-refractivity contribution in [3.05, 3.63) is 12.2 Å². The molecule has 1 rings (SSSR count). The van der Waals surface area contributed by atoms with Gasteiger partial charge < -0.3 is 15.4 Å². The SMILES string of the molecule is CN(C)c1ncnc(CCOC(=O)CCCC(=N)N)n1. The summed E-state index contributed by atoms with van der Waals surface area (Å²) < 4.78 is 5.06. The Bertz CT molecular complexity index is 463. The number of carbonyl (C=O) groups excluding carboxylic acids is 1. The monoisotopic (exact) mass is 280 g/mol. The van der Waals surface area contributed by atoms with Crippen molar-refractivity contribution >= 4 is 17.8 Å². The predicted molar refractivity (Wildman–Crippen MR) is 74.6 cm³/mol. The molecule has 0 saturated heterocycles. The van der Waals surface area contributed by atoms with Crippen molar-refractivity contribution < 1.29 is 9.53 Å². The third-order valence-corrected chi connectivity index (χ3v) is 2.42. The van der Waals surface area contributed by atoms with Crippen LogP contribution in [0, 0.1) is 5.41 Å². The highest BCUT2D eigenvalue weighted by Crippen LogP contribution is 2.02. The number of rotatable bonds is 8. The zero-order valence-electron chi connectivity index (χ0n) is 11.8. The van der Waals surface area contributed by atoms with Crippen molar-refractivity contribution in [2.75, 3.05) is 25.6 Å². The van der Waals surface area contributed by atoms with Crippen LogP contribution in [0.25, 0.3) is 0 Å². The highest BCUT2D eigenvalue weighted by atomic mass is 16.5. The summed E-state index contributed by atoms with van der Waals surface area (Å²) in [5.41, 5.74) is 5.20. The zero-order valence-corrected chi connectivity index (χ0v) is 11.8. The zero-order chi connectivity index (χ0) is 15.0. The lowest BCUT2D eigenvalue weighted by atomic mass is 10.2. The molecule has 0 spiro atoms. The fraction of sp³-hybridized carbons (Fsp3) is 0.583. The summed E-state index contributed by atoms with van der Waals surface area (Å²) in [5, 5.41) is 7.04. The molecule has 8 heteroatoms. The Morgan fingerprint density at radius 2 is 2.15 bits per heavy atom. The lowest BCUT2D eigenvalue weighted by Gasteiger charge is -2.10. The standard InChI is InChI=1S/C12H20N6O2/c1-18(2)12-16-8-15-10(17-12)6-7-20-11(19)5-3-4-9(13)14/h8H,3-7H2,1-2H3,(H3,13,14). The molecule has 8 nitrogen and oxygen atoms in total.